The topological polar surface area (TPSA) is 41.1 Å². The second-order valence-electron chi connectivity index (χ2n) is 6.70. The molecule has 0 saturated heterocycles. The van der Waals surface area contributed by atoms with E-state index >= 15 is 0 Å². The van der Waals surface area contributed by atoms with E-state index in [1.807, 2.05) is 6.20 Å². The average Bonchev–Trinajstić information content (AvgIpc) is 2.46. The molecule has 0 spiro atoms. The fourth-order valence-electron chi connectivity index (χ4n) is 2.99. The lowest BCUT2D eigenvalue weighted by Crippen LogP contribution is -2.29. The van der Waals surface area contributed by atoms with Gasteiger partial charge in [-0.3, -0.25) is 0 Å². The van der Waals surface area contributed by atoms with Gasteiger partial charge in [-0.05, 0) is 25.7 Å². The molecule has 21 heavy (non-hydrogen) atoms. The molecule has 1 saturated carbocycles. The highest BCUT2D eigenvalue weighted by molar-refractivity contribution is 5.32. The fraction of sp³-hybridized carbons (Fsp3) is 0.765. The van der Waals surface area contributed by atoms with Gasteiger partial charge in [-0.2, -0.15) is 0 Å². The highest BCUT2D eigenvalue weighted by Crippen LogP contribution is 2.25. The first kappa shape index (κ1) is 16.2. The van der Waals surface area contributed by atoms with Crippen molar-refractivity contribution in [2.75, 3.05) is 18.5 Å². The van der Waals surface area contributed by atoms with Crippen LogP contribution in [0.3, 0.4) is 0 Å². The molecular weight excluding hydrogens is 260 g/mol. The van der Waals surface area contributed by atoms with Gasteiger partial charge in [0.25, 0.3) is 0 Å². The smallest absolute Gasteiger partial charge is 0.225 e. The maximum atomic E-state index is 4.69. The van der Waals surface area contributed by atoms with Crippen LogP contribution in [0.5, 0.6) is 0 Å². The van der Waals surface area contributed by atoms with Gasteiger partial charge in [0.15, 0.2) is 0 Å². The summed E-state index contributed by atoms with van der Waals surface area (Å²) in [6, 6.07) is 0.484. The molecule has 0 unspecified atom stereocenters. The van der Waals surface area contributed by atoms with Crippen molar-refractivity contribution in [1.29, 1.82) is 0 Å². The third-order valence-electron chi connectivity index (χ3n) is 4.37. The zero-order valence-electron chi connectivity index (χ0n) is 14.0. The third kappa shape index (κ3) is 4.95. The Morgan fingerprint density at radius 3 is 2.62 bits per heavy atom. The summed E-state index contributed by atoms with van der Waals surface area (Å²) in [5.41, 5.74) is 2.28. The predicted octanol–water partition coefficient (Wildman–Crippen LogP) is 3.30. The maximum Gasteiger partial charge on any atom is 0.225 e. The number of hydrogen-bond donors (Lipinski definition) is 1. The van der Waals surface area contributed by atoms with Gasteiger partial charge in [0.05, 0.1) is 0 Å². The molecule has 118 valence electrons. The molecule has 1 N–H and O–H groups in total. The second-order valence-corrected chi connectivity index (χ2v) is 6.70. The second kappa shape index (κ2) is 7.74. The summed E-state index contributed by atoms with van der Waals surface area (Å²) in [6.45, 7) is 8.32. The summed E-state index contributed by atoms with van der Waals surface area (Å²) < 4.78 is 0. The van der Waals surface area contributed by atoms with E-state index in [1.54, 1.807) is 0 Å². The number of anilines is 1. The van der Waals surface area contributed by atoms with E-state index in [9.17, 15) is 0 Å². The molecule has 1 fully saturated rings. The van der Waals surface area contributed by atoms with E-state index in [-0.39, 0.29) is 0 Å². The van der Waals surface area contributed by atoms with E-state index in [4.69, 9.17) is 4.98 Å². The maximum absolute atomic E-state index is 4.69. The van der Waals surface area contributed by atoms with E-state index in [0.717, 1.165) is 30.6 Å². The molecule has 1 aliphatic carbocycles. The first-order valence-electron chi connectivity index (χ1n) is 8.33. The number of hydrogen-bond acceptors (Lipinski definition) is 4. The zero-order valence-corrected chi connectivity index (χ0v) is 14.0. The van der Waals surface area contributed by atoms with Crippen LogP contribution in [-0.2, 0) is 6.54 Å². The Balaban J connectivity index is 1.94. The van der Waals surface area contributed by atoms with Crippen LogP contribution in [0.4, 0.5) is 5.95 Å². The lowest BCUT2D eigenvalue weighted by Gasteiger charge is -2.27. The van der Waals surface area contributed by atoms with Gasteiger partial charge in [0.1, 0.15) is 0 Å². The molecule has 0 bridgehead atoms. The first-order valence-corrected chi connectivity index (χ1v) is 8.33. The number of nitrogens with zero attached hydrogens (tertiary/aromatic N) is 3. The zero-order chi connectivity index (χ0) is 15.2. The Kier molecular flexibility index (Phi) is 5.97. The normalized spacial score (nSPS) is 16.4. The van der Waals surface area contributed by atoms with Crippen molar-refractivity contribution >= 4 is 5.95 Å². The Morgan fingerprint density at radius 1 is 1.29 bits per heavy atom. The van der Waals surface area contributed by atoms with Gasteiger partial charge in [0.2, 0.25) is 5.95 Å². The predicted molar refractivity (Wildman–Crippen MR) is 88.6 cm³/mol. The molecule has 0 radical (unpaired) electrons. The Bertz CT molecular complexity index is 438. The van der Waals surface area contributed by atoms with E-state index in [1.165, 1.54) is 37.7 Å². The largest absolute Gasteiger partial charge is 0.344 e. The van der Waals surface area contributed by atoms with Crippen molar-refractivity contribution < 1.29 is 0 Å². The minimum absolute atomic E-state index is 0.484. The molecular formula is C17H30N4. The van der Waals surface area contributed by atoms with Crippen molar-refractivity contribution in [2.45, 2.75) is 65.5 Å². The molecule has 0 amide bonds. The summed E-state index contributed by atoms with van der Waals surface area (Å²) >= 11 is 0. The number of nitrogens with one attached hydrogen (secondary N) is 1. The third-order valence-corrected chi connectivity index (χ3v) is 4.37. The molecule has 1 aromatic heterocycles. The summed E-state index contributed by atoms with van der Waals surface area (Å²) in [4.78, 5) is 11.5. The Morgan fingerprint density at radius 2 is 2.00 bits per heavy atom. The molecule has 0 aromatic carbocycles. The quantitative estimate of drug-likeness (QED) is 0.873. The Hall–Kier alpha value is -1.16. The van der Waals surface area contributed by atoms with Crippen LogP contribution in [0.2, 0.25) is 0 Å². The van der Waals surface area contributed by atoms with E-state index in [2.05, 4.69) is 43.0 Å². The van der Waals surface area contributed by atoms with Crippen LogP contribution in [0.1, 0.15) is 57.2 Å². The van der Waals surface area contributed by atoms with Crippen molar-refractivity contribution in [3.8, 4) is 0 Å². The highest BCUT2D eigenvalue weighted by atomic mass is 15.2. The van der Waals surface area contributed by atoms with Crippen LogP contribution in [0.25, 0.3) is 0 Å². The summed E-state index contributed by atoms with van der Waals surface area (Å²) in [7, 11) is 2.12. The van der Waals surface area contributed by atoms with Crippen LogP contribution in [0, 0.1) is 12.8 Å². The molecule has 4 heteroatoms. The van der Waals surface area contributed by atoms with Crippen LogP contribution in [-0.4, -0.2) is 29.6 Å². The minimum Gasteiger partial charge on any atom is -0.344 e. The molecule has 2 rings (SSSR count). The van der Waals surface area contributed by atoms with Crippen LogP contribution >= 0.6 is 0 Å². The van der Waals surface area contributed by atoms with Crippen molar-refractivity contribution in [3.63, 3.8) is 0 Å². The fourth-order valence-corrected chi connectivity index (χ4v) is 2.99. The summed E-state index contributed by atoms with van der Waals surface area (Å²) in [6.07, 6.45) is 8.88. The van der Waals surface area contributed by atoms with Gasteiger partial charge in [0, 0.05) is 43.6 Å². The average molecular weight is 290 g/mol. The number of aryl methyl sites for hydroxylation is 1. The van der Waals surface area contributed by atoms with Gasteiger partial charge in [-0.25, -0.2) is 9.97 Å². The van der Waals surface area contributed by atoms with Gasteiger partial charge in [-0.15, -0.1) is 0 Å². The van der Waals surface area contributed by atoms with Crippen LogP contribution in [0.15, 0.2) is 6.20 Å². The van der Waals surface area contributed by atoms with Gasteiger partial charge in [-0.1, -0.05) is 33.1 Å². The standard InChI is InChI=1S/C17H30N4/c1-13(2)18-10-16-11-19-17(20-14(16)3)21(4)12-15-8-6-5-7-9-15/h11,13,15,18H,5-10,12H2,1-4H3. The molecule has 0 aliphatic heterocycles. The van der Waals surface area contributed by atoms with E-state index < -0.39 is 0 Å². The lowest BCUT2D eigenvalue weighted by atomic mass is 9.89. The first-order chi connectivity index (χ1) is 10.1. The summed E-state index contributed by atoms with van der Waals surface area (Å²) in [5, 5.41) is 3.42. The highest BCUT2D eigenvalue weighted by Gasteiger charge is 2.17. The van der Waals surface area contributed by atoms with Gasteiger partial charge < -0.3 is 10.2 Å². The summed E-state index contributed by atoms with van der Waals surface area (Å²) in [5.74, 6) is 1.68. The molecule has 4 nitrogen and oxygen atoms in total. The van der Waals surface area contributed by atoms with Crippen LogP contribution < -0.4 is 10.2 Å². The van der Waals surface area contributed by atoms with Gasteiger partial charge >= 0.3 is 0 Å². The molecule has 1 aliphatic rings. The molecule has 0 atom stereocenters. The molecule has 1 heterocycles. The SMILES string of the molecule is Cc1nc(N(C)CC2CCCCC2)ncc1CNC(C)C. The van der Waals surface area contributed by atoms with Crippen molar-refractivity contribution in [1.82, 2.24) is 15.3 Å². The number of aromatic nitrogens is 2. The minimum atomic E-state index is 0.484. The lowest BCUT2D eigenvalue weighted by molar-refractivity contribution is 0.361. The van der Waals surface area contributed by atoms with E-state index in [0.29, 0.717) is 6.04 Å². The Labute approximate surface area is 129 Å². The number of rotatable bonds is 6. The van der Waals surface area contributed by atoms with Crippen molar-refractivity contribution in [3.05, 3.63) is 17.5 Å². The monoisotopic (exact) mass is 290 g/mol. The molecule has 1 aromatic rings. The van der Waals surface area contributed by atoms with Crippen molar-refractivity contribution in [2.24, 2.45) is 5.92 Å².